The predicted octanol–water partition coefficient (Wildman–Crippen LogP) is -0.204. The van der Waals surface area contributed by atoms with Gasteiger partial charge in [0.15, 0.2) is 0 Å². The summed E-state index contributed by atoms with van der Waals surface area (Å²) >= 11 is 1.36. The van der Waals surface area contributed by atoms with Crippen LogP contribution < -0.4 is 16.0 Å². The highest BCUT2D eigenvalue weighted by atomic mass is 32.1. The molecule has 1 aromatic rings. The average Bonchev–Trinajstić information content (AvgIpc) is 3.35. The minimum atomic E-state index is -0.797. The number of rotatable bonds is 4. The van der Waals surface area contributed by atoms with Crippen LogP contribution in [0.3, 0.4) is 0 Å². The quantitative estimate of drug-likeness (QED) is 0.592. The zero-order chi connectivity index (χ0) is 21.8. The number of piperidine rings is 2. The maximum Gasteiger partial charge on any atom is 0.264 e. The van der Waals surface area contributed by atoms with Gasteiger partial charge in [0.25, 0.3) is 5.91 Å². The molecule has 0 unspecified atom stereocenters. The summed E-state index contributed by atoms with van der Waals surface area (Å²) in [6, 6.07) is 2.19. The summed E-state index contributed by atoms with van der Waals surface area (Å²) in [4.78, 5) is 55.4. The molecule has 0 spiro atoms. The molecule has 0 saturated carbocycles. The first kappa shape index (κ1) is 21.8. The number of carbonyl (C=O) groups is 4. The second-order valence-corrected chi connectivity index (χ2v) is 9.24. The molecule has 0 aliphatic carbocycles. The first-order chi connectivity index (χ1) is 15.0. The van der Waals surface area contributed by atoms with E-state index in [4.69, 9.17) is 0 Å². The third-order valence-electron chi connectivity index (χ3n) is 6.28. The third-order valence-corrected chi connectivity index (χ3v) is 7.13. The normalized spacial score (nSPS) is 25.1. The minimum Gasteiger partial charge on any atom is -0.354 e. The molecular formula is C21H29N5O4S. The summed E-state index contributed by atoms with van der Waals surface area (Å²) in [5.41, 5.74) is 0. The highest BCUT2D eigenvalue weighted by Crippen LogP contribution is 2.22. The molecule has 1 aromatic heterocycles. The zero-order valence-corrected chi connectivity index (χ0v) is 18.3. The van der Waals surface area contributed by atoms with Crippen molar-refractivity contribution in [3.63, 3.8) is 0 Å². The fourth-order valence-electron chi connectivity index (χ4n) is 4.49. The van der Waals surface area contributed by atoms with Crippen molar-refractivity contribution in [3.8, 4) is 0 Å². The zero-order valence-electron chi connectivity index (χ0n) is 17.5. The van der Waals surface area contributed by atoms with Crippen molar-refractivity contribution in [2.45, 2.75) is 37.8 Å². The lowest BCUT2D eigenvalue weighted by molar-refractivity contribution is -0.147. The Hall–Kier alpha value is -2.46. The van der Waals surface area contributed by atoms with Gasteiger partial charge in [0.2, 0.25) is 17.7 Å². The van der Waals surface area contributed by atoms with Crippen LogP contribution in [0.2, 0.25) is 0 Å². The van der Waals surface area contributed by atoms with Crippen molar-refractivity contribution in [2.24, 2.45) is 5.92 Å². The van der Waals surface area contributed by atoms with Crippen LogP contribution in [0.25, 0.3) is 0 Å². The molecule has 0 bridgehead atoms. The van der Waals surface area contributed by atoms with Crippen LogP contribution in [0, 0.1) is 5.92 Å². The number of thiophene rings is 1. The van der Waals surface area contributed by atoms with Crippen LogP contribution in [0.15, 0.2) is 17.5 Å². The van der Waals surface area contributed by atoms with Gasteiger partial charge in [-0.2, -0.15) is 0 Å². The topological polar surface area (TPSA) is 111 Å². The van der Waals surface area contributed by atoms with Crippen LogP contribution in [0.4, 0.5) is 0 Å². The molecule has 168 valence electrons. The van der Waals surface area contributed by atoms with E-state index in [9.17, 15) is 19.2 Å². The number of carbonyl (C=O) groups excluding carboxylic acids is 4. The summed E-state index contributed by atoms with van der Waals surface area (Å²) in [6.07, 6.45) is 2.85. The standard InChI is InChI=1S/C21H29N5O4S/c27-18-15(3-1-7-23-18)24-19(28)16-13-25(21(30)17-4-2-12-31-17)10-11-26(16)20(29)14-5-8-22-9-6-14/h2,4,12,14-16,22H,1,3,5-11,13H2,(H,23,27)(H,24,28)/t15-,16+/m0/s1. The van der Waals surface area contributed by atoms with Crippen LogP contribution >= 0.6 is 11.3 Å². The molecule has 0 radical (unpaired) electrons. The molecular weight excluding hydrogens is 418 g/mol. The van der Waals surface area contributed by atoms with Gasteiger partial charge in [-0.15, -0.1) is 11.3 Å². The van der Waals surface area contributed by atoms with E-state index >= 15 is 0 Å². The van der Waals surface area contributed by atoms with E-state index in [0.717, 1.165) is 32.4 Å². The third kappa shape index (κ3) is 4.90. The Morgan fingerprint density at radius 2 is 1.90 bits per heavy atom. The molecule has 3 aliphatic rings. The average molecular weight is 448 g/mol. The SMILES string of the molecule is O=C1NCCC[C@@H]1NC(=O)[C@H]1CN(C(=O)c2cccs2)CCN1C(=O)C1CCNCC1. The Labute approximate surface area is 185 Å². The number of amides is 4. The summed E-state index contributed by atoms with van der Waals surface area (Å²) in [7, 11) is 0. The van der Waals surface area contributed by atoms with Gasteiger partial charge in [-0.1, -0.05) is 6.07 Å². The van der Waals surface area contributed by atoms with Gasteiger partial charge in [-0.05, 0) is 50.2 Å². The Morgan fingerprint density at radius 3 is 2.61 bits per heavy atom. The lowest BCUT2D eigenvalue weighted by Crippen LogP contribution is -2.64. The number of nitrogens with one attached hydrogen (secondary N) is 3. The van der Waals surface area contributed by atoms with Crippen molar-refractivity contribution >= 4 is 35.0 Å². The molecule has 3 fully saturated rings. The molecule has 31 heavy (non-hydrogen) atoms. The molecule has 9 nitrogen and oxygen atoms in total. The fraction of sp³-hybridized carbons (Fsp3) is 0.619. The molecule has 0 aromatic carbocycles. The molecule has 4 amide bonds. The Morgan fingerprint density at radius 1 is 1.10 bits per heavy atom. The Balaban J connectivity index is 1.50. The van der Waals surface area contributed by atoms with Gasteiger partial charge in [0, 0.05) is 25.6 Å². The summed E-state index contributed by atoms with van der Waals surface area (Å²) in [6.45, 7) is 3.01. The van der Waals surface area contributed by atoms with Gasteiger partial charge >= 0.3 is 0 Å². The van der Waals surface area contributed by atoms with E-state index in [1.165, 1.54) is 11.3 Å². The van der Waals surface area contributed by atoms with E-state index in [2.05, 4.69) is 16.0 Å². The summed E-state index contributed by atoms with van der Waals surface area (Å²) < 4.78 is 0. The number of hydrogen-bond donors (Lipinski definition) is 3. The van der Waals surface area contributed by atoms with Crippen molar-refractivity contribution in [3.05, 3.63) is 22.4 Å². The fourth-order valence-corrected chi connectivity index (χ4v) is 5.18. The highest BCUT2D eigenvalue weighted by Gasteiger charge is 2.40. The highest BCUT2D eigenvalue weighted by molar-refractivity contribution is 7.12. The lowest BCUT2D eigenvalue weighted by Gasteiger charge is -2.42. The van der Waals surface area contributed by atoms with E-state index in [1.807, 2.05) is 11.4 Å². The lowest BCUT2D eigenvalue weighted by atomic mass is 9.95. The van der Waals surface area contributed by atoms with E-state index in [1.54, 1.807) is 15.9 Å². The first-order valence-electron chi connectivity index (χ1n) is 11.0. The Kier molecular flexibility index (Phi) is 6.86. The molecule has 3 saturated heterocycles. The monoisotopic (exact) mass is 447 g/mol. The van der Waals surface area contributed by atoms with Crippen LogP contribution in [-0.4, -0.2) is 84.8 Å². The predicted molar refractivity (Wildman–Crippen MR) is 115 cm³/mol. The summed E-state index contributed by atoms with van der Waals surface area (Å²) in [5, 5.41) is 10.7. The van der Waals surface area contributed by atoms with E-state index < -0.39 is 12.1 Å². The second-order valence-electron chi connectivity index (χ2n) is 8.29. The molecule has 10 heteroatoms. The molecule has 3 N–H and O–H groups in total. The Bertz CT molecular complexity index is 824. The smallest absolute Gasteiger partial charge is 0.264 e. The van der Waals surface area contributed by atoms with Crippen LogP contribution in [0.1, 0.15) is 35.4 Å². The van der Waals surface area contributed by atoms with Gasteiger partial charge in [-0.25, -0.2) is 0 Å². The number of piperazine rings is 1. The van der Waals surface area contributed by atoms with Gasteiger partial charge in [-0.3, -0.25) is 19.2 Å². The van der Waals surface area contributed by atoms with E-state index in [-0.39, 0.29) is 36.1 Å². The number of hydrogen-bond acceptors (Lipinski definition) is 6. The molecule has 4 heterocycles. The van der Waals surface area contributed by atoms with Gasteiger partial charge in [0.05, 0.1) is 11.4 Å². The number of nitrogens with zero attached hydrogens (tertiary/aromatic N) is 2. The minimum absolute atomic E-state index is 0.0297. The van der Waals surface area contributed by atoms with Gasteiger partial charge in [0.1, 0.15) is 12.1 Å². The first-order valence-corrected chi connectivity index (χ1v) is 11.8. The second kappa shape index (κ2) is 9.78. The maximum atomic E-state index is 13.3. The molecule has 4 rings (SSSR count). The summed E-state index contributed by atoms with van der Waals surface area (Å²) in [5.74, 6) is -0.838. The van der Waals surface area contributed by atoms with E-state index in [0.29, 0.717) is 30.9 Å². The molecule has 2 atom stereocenters. The van der Waals surface area contributed by atoms with Crippen molar-refractivity contribution in [2.75, 3.05) is 39.3 Å². The van der Waals surface area contributed by atoms with Crippen molar-refractivity contribution < 1.29 is 19.2 Å². The molecule has 3 aliphatic heterocycles. The van der Waals surface area contributed by atoms with Crippen LogP contribution in [0.5, 0.6) is 0 Å². The van der Waals surface area contributed by atoms with Crippen molar-refractivity contribution in [1.29, 1.82) is 0 Å². The largest absolute Gasteiger partial charge is 0.354 e. The maximum absolute atomic E-state index is 13.3. The van der Waals surface area contributed by atoms with Gasteiger partial charge < -0.3 is 25.8 Å². The van der Waals surface area contributed by atoms with Crippen molar-refractivity contribution in [1.82, 2.24) is 25.8 Å². The van der Waals surface area contributed by atoms with Crippen LogP contribution in [-0.2, 0) is 14.4 Å².